The molecule has 0 bridgehead atoms. The number of hydrogen-bond donors (Lipinski definition) is 1. The number of hydrogen-bond acceptors (Lipinski definition) is 5. The van der Waals surface area contributed by atoms with Gasteiger partial charge < -0.3 is 5.11 Å². The fraction of sp³-hybridized carbons (Fsp3) is 0. The molecule has 7 nitrogen and oxygen atoms in total. The lowest BCUT2D eigenvalue weighted by atomic mass is 10.2. The summed E-state index contributed by atoms with van der Waals surface area (Å²) in [4.78, 5) is 19.1. The lowest BCUT2D eigenvalue weighted by Gasteiger charge is -2.01. The molecule has 15 heavy (non-hydrogen) atoms. The Morgan fingerprint density at radius 3 is 2.13 bits per heavy atom. The number of phenolic OH excluding ortho intramolecular Hbond substituents is 1. The van der Waals surface area contributed by atoms with Crippen molar-refractivity contribution in [2.24, 2.45) is 0 Å². The van der Waals surface area contributed by atoms with Gasteiger partial charge in [0, 0.05) is 6.07 Å². The summed E-state index contributed by atoms with van der Waals surface area (Å²) < 4.78 is -0.124. The monoisotopic (exact) mass is 296 g/mol. The van der Waals surface area contributed by atoms with Crippen molar-refractivity contribution in [2.45, 2.75) is 0 Å². The van der Waals surface area contributed by atoms with Crippen LogP contribution in [0.25, 0.3) is 0 Å². The van der Waals surface area contributed by atoms with Gasteiger partial charge in [-0.15, -0.1) is 0 Å². The summed E-state index contributed by atoms with van der Waals surface area (Å²) in [5.74, 6) is -0.734. The summed E-state index contributed by atoms with van der Waals surface area (Å²) in [6.45, 7) is 0. The first-order valence-electron chi connectivity index (χ1n) is 3.36. The van der Waals surface area contributed by atoms with E-state index in [0.29, 0.717) is 0 Å². The van der Waals surface area contributed by atoms with Gasteiger partial charge in [0.1, 0.15) is 4.47 Å². The number of nitrogens with zero attached hydrogens (tertiary/aromatic N) is 2. The number of phenols is 1. The van der Waals surface area contributed by atoms with E-state index in [1.54, 1.807) is 0 Å². The van der Waals surface area contributed by atoms with Crippen LogP contribution in [0.5, 0.6) is 5.75 Å². The lowest BCUT2D eigenvalue weighted by molar-refractivity contribution is -0.395. The van der Waals surface area contributed by atoms with Crippen molar-refractivity contribution in [3.63, 3.8) is 0 Å². The molecular formula is C6H2BrClN2O5. The van der Waals surface area contributed by atoms with E-state index >= 15 is 0 Å². The first-order valence-corrected chi connectivity index (χ1v) is 4.53. The maximum absolute atomic E-state index is 10.5. The number of rotatable bonds is 2. The minimum atomic E-state index is -0.989. The van der Waals surface area contributed by atoms with Crippen molar-refractivity contribution in [1.29, 1.82) is 0 Å². The van der Waals surface area contributed by atoms with Crippen LogP contribution in [-0.4, -0.2) is 15.0 Å². The van der Waals surface area contributed by atoms with Crippen molar-refractivity contribution in [3.05, 3.63) is 35.8 Å². The smallest absolute Gasteiger partial charge is 0.336 e. The topological polar surface area (TPSA) is 107 Å². The zero-order valence-corrected chi connectivity index (χ0v) is 9.15. The molecule has 1 rings (SSSR count). The predicted molar refractivity (Wildman–Crippen MR) is 54.1 cm³/mol. The largest absolute Gasteiger partial charge is 0.502 e. The van der Waals surface area contributed by atoms with E-state index < -0.39 is 32.0 Å². The molecular weight excluding hydrogens is 295 g/mol. The number of nitro groups is 2. The Kier molecular flexibility index (Phi) is 3.10. The molecule has 0 spiro atoms. The fourth-order valence-electron chi connectivity index (χ4n) is 0.927. The standard InChI is InChI=1S/C6H2BrClN2O5/c7-2-1-3(11)6(10(14)15)4(8)5(2)9(12)13/h1,11H. The molecule has 0 aromatic heterocycles. The Hall–Kier alpha value is -1.41. The molecule has 0 aliphatic rings. The average Bonchev–Trinajstić information content (AvgIpc) is 1.99. The minimum Gasteiger partial charge on any atom is -0.502 e. The molecule has 1 aromatic carbocycles. The highest BCUT2D eigenvalue weighted by Crippen LogP contribution is 2.44. The first-order chi connectivity index (χ1) is 6.86. The Bertz CT molecular complexity index is 425. The van der Waals surface area contributed by atoms with Crippen molar-refractivity contribution in [3.8, 4) is 5.75 Å². The second-order valence-electron chi connectivity index (χ2n) is 2.40. The van der Waals surface area contributed by atoms with Crippen molar-refractivity contribution in [1.82, 2.24) is 0 Å². The second-order valence-corrected chi connectivity index (χ2v) is 3.64. The third kappa shape index (κ3) is 2.00. The number of nitro benzene ring substituents is 2. The highest BCUT2D eigenvalue weighted by molar-refractivity contribution is 9.10. The fourth-order valence-corrected chi connectivity index (χ4v) is 1.94. The average molecular weight is 297 g/mol. The molecule has 0 aliphatic carbocycles. The highest BCUT2D eigenvalue weighted by Gasteiger charge is 2.30. The van der Waals surface area contributed by atoms with E-state index in [1.807, 2.05) is 0 Å². The van der Waals surface area contributed by atoms with Crippen molar-refractivity contribution < 1.29 is 15.0 Å². The van der Waals surface area contributed by atoms with Gasteiger partial charge in [0.15, 0.2) is 5.75 Å². The van der Waals surface area contributed by atoms with E-state index in [2.05, 4.69) is 15.9 Å². The van der Waals surface area contributed by atoms with Crippen LogP contribution in [-0.2, 0) is 0 Å². The number of aromatic hydroxyl groups is 1. The highest BCUT2D eigenvalue weighted by atomic mass is 79.9. The molecule has 0 fully saturated rings. The number of halogens is 2. The van der Waals surface area contributed by atoms with Gasteiger partial charge in [0.05, 0.1) is 9.85 Å². The Labute approximate surface area is 95.7 Å². The quantitative estimate of drug-likeness (QED) is 0.667. The maximum atomic E-state index is 10.5. The van der Waals surface area contributed by atoms with E-state index in [1.165, 1.54) is 0 Å². The summed E-state index contributed by atoms with van der Waals surface area (Å²) in [5.41, 5.74) is -1.53. The number of benzene rings is 1. The summed E-state index contributed by atoms with van der Waals surface area (Å²) in [5, 5.41) is 29.4. The molecule has 9 heteroatoms. The Morgan fingerprint density at radius 1 is 1.27 bits per heavy atom. The maximum Gasteiger partial charge on any atom is 0.336 e. The zero-order chi connectivity index (χ0) is 11.7. The van der Waals surface area contributed by atoms with E-state index in [0.717, 1.165) is 6.07 Å². The van der Waals surface area contributed by atoms with Gasteiger partial charge >= 0.3 is 11.4 Å². The molecule has 80 valence electrons. The molecule has 0 heterocycles. The molecule has 0 saturated carbocycles. The van der Waals surface area contributed by atoms with Crippen molar-refractivity contribution in [2.75, 3.05) is 0 Å². The van der Waals surface area contributed by atoms with Crippen LogP contribution >= 0.6 is 27.5 Å². The summed E-state index contributed by atoms with van der Waals surface area (Å²) in [6, 6.07) is 0.849. The molecule has 1 aromatic rings. The molecule has 1 N–H and O–H groups in total. The second kappa shape index (κ2) is 3.99. The Morgan fingerprint density at radius 2 is 1.73 bits per heavy atom. The van der Waals surface area contributed by atoms with Crippen LogP contribution in [0.3, 0.4) is 0 Å². The van der Waals surface area contributed by atoms with Crippen LogP contribution in [0.15, 0.2) is 10.5 Å². The van der Waals surface area contributed by atoms with Crippen LogP contribution in [0, 0.1) is 20.2 Å². The van der Waals surface area contributed by atoms with Gasteiger partial charge in [0.2, 0.25) is 5.02 Å². The summed E-state index contributed by atoms with van der Waals surface area (Å²) in [6.07, 6.45) is 0. The molecule has 0 aliphatic heterocycles. The zero-order valence-electron chi connectivity index (χ0n) is 6.81. The SMILES string of the molecule is O=[N+]([O-])c1c(O)cc(Br)c([N+](=O)[O-])c1Cl. The van der Waals surface area contributed by atoms with Gasteiger partial charge in [-0.05, 0) is 15.9 Å². The van der Waals surface area contributed by atoms with Gasteiger partial charge in [-0.1, -0.05) is 11.6 Å². The van der Waals surface area contributed by atoms with Gasteiger partial charge in [-0.2, -0.15) is 0 Å². The first kappa shape index (κ1) is 11.7. The molecule has 0 saturated heterocycles. The van der Waals surface area contributed by atoms with Gasteiger partial charge in [0.25, 0.3) is 0 Å². The predicted octanol–water partition coefficient (Wildman–Crippen LogP) is 2.62. The van der Waals surface area contributed by atoms with E-state index in [9.17, 15) is 25.3 Å². The van der Waals surface area contributed by atoms with Crippen LogP contribution in [0.4, 0.5) is 11.4 Å². The van der Waals surface area contributed by atoms with E-state index in [-0.39, 0.29) is 4.47 Å². The Balaban J connectivity index is 3.64. The lowest BCUT2D eigenvalue weighted by Crippen LogP contribution is -1.96. The normalized spacial score (nSPS) is 10.0. The van der Waals surface area contributed by atoms with Crippen LogP contribution in [0.2, 0.25) is 5.02 Å². The summed E-state index contributed by atoms with van der Waals surface area (Å²) in [7, 11) is 0. The minimum absolute atomic E-state index is 0.124. The third-order valence-electron chi connectivity index (χ3n) is 1.51. The third-order valence-corrected chi connectivity index (χ3v) is 2.48. The van der Waals surface area contributed by atoms with Crippen LogP contribution in [0.1, 0.15) is 0 Å². The van der Waals surface area contributed by atoms with Gasteiger partial charge in [-0.25, -0.2) is 0 Å². The van der Waals surface area contributed by atoms with E-state index in [4.69, 9.17) is 11.6 Å². The molecule has 0 radical (unpaired) electrons. The van der Waals surface area contributed by atoms with Crippen molar-refractivity contribution >= 4 is 38.9 Å². The van der Waals surface area contributed by atoms with Crippen LogP contribution < -0.4 is 0 Å². The molecule has 0 amide bonds. The van der Waals surface area contributed by atoms with Gasteiger partial charge in [-0.3, -0.25) is 20.2 Å². The molecule has 0 atom stereocenters. The summed E-state index contributed by atoms with van der Waals surface area (Å²) >= 11 is 8.21. The molecule has 0 unspecified atom stereocenters.